The number of anilines is 2. The van der Waals surface area contributed by atoms with E-state index in [0.717, 1.165) is 11.8 Å². The number of sulfone groups is 1. The maximum Gasteiger partial charge on any atom is 0.417 e. The molecule has 0 spiro atoms. The van der Waals surface area contributed by atoms with Crippen molar-refractivity contribution >= 4 is 38.3 Å². The van der Waals surface area contributed by atoms with Crippen molar-refractivity contribution in [2.24, 2.45) is 0 Å². The molecule has 0 saturated heterocycles. The SMILES string of the molecule is COc1cc(C)ccc1NC(=O)NNc1cc(C(F)(F)F)c(S(C)(=O)=O)cc1OS(C)=O. The molecule has 0 aliphatic carbocycles. The Balaban J connectivity index is 2.37. The van der Waals surface area contributed by atoms with E-state index in [0.29, 0.717) is 24.1 Å². The van der Waals surface area contributed by atoms with Gasteiger partial charge in [-0.2, -0.15) is 13.2 Å². The average molecular weight is 496 g/mol. The summed E-state index contributed by atoms with van der Waals surface area (Å²) in [5.74, 6) is -0.130. The number of halogens is 3. The van der Waals surface area contributed by atoms with Gasteiger partial charge in [-0.25, -0.2) is 17.4 Å². The smallest absolute Gasteiger partial charge is 0.417 e. The van der Waals surface area contributed by atoms with Crippen LogP contribution in [-0.4, -0.2) is 38.3 Å². The number of ether oxygens (including phenoxy) is 1. The van der Waals surface area contributed by atoms with Crippen molar-refractivity contribution in [1.82, 2.24) is 5.43 Å². The number of rotatable bonds is 7. The highest BCUT2D eigenvalue weighted by Crippen LogP contribution is 2.40. The first-order valence-corrected chi connectivity index (χ1v) is 12.0. The lowest BCUT2D eigenvalue weighted by molar-refractivity contribution is -0.139. The zero-order valence-electron chi connectivity index (χ0n) is 17.3. The second-order valence-electron chi connectivity index (χ2n) is 6.51. The van der Waals surface area contributed by atoms with Crippen LogP contribution in [0.5, 0.6) is 11.5 Å². The number of alkyl halides is 3. The van der Waals surface area contributed by atoms with Crippen molar-refractivity contribution in [1.29, 1.82) is 0 Å². The molecule has 0 heterocycles. The minimum Gasteiger partial charge on any atom is -0.495 e. The van der Waals surface area contributed by atoms with Gasteiger partial charge in [0.2, 0.25) is 11.1 Å². The molecule has 176 valence electrons. The highest BCUT2D eigenvalue weighted by atomic mass is 32.2. The Hall–Kier alpha value is -3.00. The van der Waals surface area contributed by atoms with Crippen LogP contribution in [-0.2, 0) is 27.1 Å². The van der Waals surface area contributed by atoms with Crippen LogP contribution in [0.1, 0.15) is 11.1 Å². The number of hydrazine groups is 1. The highest BCUT2D eigenvalue weighted by molar-refractivity contribution is 7.90. The van der Waals surface area contributed by atoms with Gasteiger partial charge >= 0.3 is 12.2 Å². The van der Waals surface area contributed by atoms with E-state index in [1.54, 1.807) is 18.2 Å². The van der Waals surface area contributed by atoms with Crippen molar-refractivity contribution in [2.75, 3.05) is 30.4 Å². The van der Waals surface area contributed by atoms with Crippen LogP contribution >= 0.6 is 0 Å². The van der Waals surface area contributed by atoms with Crippen LogP contribution in [0.4, 0.5) is 29.3 Å². The van der Waals surface area contributed by atoms with E-state index < -0.39 is 55.0 Å². The van der Waals surface area contributed by atoms with E-state index >= 15 is 0 Å². The predicted molar refractivity (Wildman–Crippen MR) is 113 cm³/mol. The number of carbonyl (C=O) groups is 1. The molecule has 2 rings (SSSR count). The standard InChI is InChI=1S/C18H20F3N3O6S2/c1-10-5-6-12(14(7-10)29-2)22-17(25)24-23-13-8-11(18(19,20)21)16(32(4,27)28)9-15(13)30-31(3)26/h5-9,23H,1-4H3,(H2,22,24,25). The number of nitrogens with one attached hydrogen (secondary N) is 3. The fourth-order valence-electron chi connectivity index (χ4n) is 2.56. The molecule has 2 aromatic carbocycles. The summed E-state index contributed by atoms with van der Waals surface area (Å²) in [5.41, 5.74) is 3.53. The van der Waals surface area contributed by atoms with Gasteiger partial charge in [-0.3, -0.25) is 10.9 Å². The molecule has 2 amide bonds. The maximum absolute atomic E-state index is 13.4. The van der Waals surface area contributed by atoms with Crippen LogP contribution in [0.2, 0.25) is 0 Å². The van der Waals surface area contributed by atoms with Crippen molar-refractivity contribution in [3.8, 4) is 11.5 Å². The van der Waals surface area contributed by atoms with Gasteiger partial charge in [0, 0.05) is 18.6 Å². The summed E-state index contributed by atoms with van der Waals surface area (Å²) in [5, 5.41) is 2.44. The maximum atomic E-state index is 13.4. The molecule has 0 aliphatic rings. The number of hydrogen-bond donors (Lipinski definition) is 3. The summed E-state index contributed by atoms with van der Waals surface area (Å²) in [7, 11) is -2.92. The van der Waals surface area contributed by atoms with Gasteiger partial charge in [0.05, 0.1) is 28.9 Å². The minimum absolute atomic E-state index is 0.284. The van der Waals surface area contributed by atoms with E-state index in [1.165, 1.54) is 7.11 Å². The van der Waals surface area contributed by atoms with Crippen LogP contribution in [0.3, 0.4) is 0 Å². The lowest BCUT2D eigenvalue weighted by Crippen LogP contribution is -2.34. The van der Waals surface area contributed by atoms with Crippen LogP contribution in [0, 0.1) is 6.92 Å². The molecule has 14 heteroatoms. The van der Waals surface area contributed by atoms with E-state index in [2.05, 4.69) is 16.2 Å². The Morgan fingerprint density at radius 2 is 1.75 bits per heavy atom. The number of carbonyl (C=O) groups excluding carboxylic acids is 1. The Labute approximate surface area is 184 Å². The van der Waals surface area contributed by atoms with Gasteiger partial charge < -0.3 is 14.2 Å². The van der Waals surface area contributed by atoms with E-state index in [9.17, 15) is 30.6 Å². The molecule has 3 N–H and O–H groups in total. The number of urea groups is 1. The van der Waals surface area contributed by atoms with Gasteiger partial charge in [-0.1, -0.05) is 6.07 Å². The molecule has 0 saturated carbocycles. The lowest BCUT2D eigenvalue weighted by atomic mass is 10.2. The first-order chi connectivity index (χ1) is 14.7. The van der Waals surface area contributed by atoms with Gasteiger partial charge in [0.25, 0.3) is 0 Å². The Morgan fingerprint density at radius 1 is 1.09 bits per heavy atom. The molecule has 0 bridgehead atoms. The van der Waals surface area contributed by atoms with E-state index in [4.69, 9.17) is 8.92 Å². The first-order valence-electron chi connectivity index (χ1n) is 8.67. The van der Waals surface area contributed by atoms with Crippen molar-refractivity contribution < 1.29 is 39.5 Å². The molecule has 0 aromatic heterocycles. The summed E-state index contributed by atoms with van der Waals surface area (Å²) in [4.78, 5) is 11.2. The second kappa shape index (κ2) is 9.65. The highest BCUT2D eigenvalue weighted by Gasteiger charge is 2.37. The van der Waals surface area contributed by atoms with Crippen molar-refractivity contribution in [3.63, 3.8) is 0 Å². The van der Waals surface area contributed by atoms with E-state index in [-0.39, 0.29) is 5.69 Å². The van der Waals surface area contributed by atoms with Crippen molar-refractivity contribution in [3.05, 3.63) is 41.5 Å². The first kappa shape index (κ1) is 25.3. The molecule has 0 aliphatic heterocycles. The predicted octanol–water partition coefficient (Wildman–Crippen LogP) is 3.25. The quantitative estimate of drug-likeness (QED) is 0.504. The van der Waals surface area contributed by atoms with E-state index in [1.807, 2.05) is 6.92 Å². The largest absolute Gasteiger partial charge is 0.495 e. The number of benzene rings is 2. The fourth-order valence-corrected chi connectivity index (χ4v) is 3.85. The molecule has 1 atom stereocenters. The van der Waals surface area contributed by atoms with Crippen LogP contribution < -0.4 is 25.1 Å². The molecule has 1 unspecified atom stereocenters. The van der Waals surface area contributed by atoms with Gasteiger partial charge in [0.15, 0.2) is 15.6 Å². The van der Waals surface area contributed by atoms with Gasteiger partial charge in [-0.15, -0.1) is 0 Å². The third kappa shape index (κ3) is 6.50. The summed E-state index contributed by atoms with van der Waals surface area (Å²) < 4.78 is 85.6. The normalized spacial score (nSPS) is 12.6. The topological polar surface area (TPSA) is 123 Å². The molecular formula is C18H20F3N3O6S2. The third-order valence-corrected chi connectivity index (χ3v) is 5.46. The minimum atomic E-state index is -5.03. The van der Waals surface area contributed by atoms with Crippen LogP contribution in [0.15, 0.2) is 35.2 Å². The number of methoxy groups -OCH3 is 1. The molecule has 0 fully saturated rings. The molecule has 0 radical (unpaired) electrons. The third-order valence-electron chi connectivity index (χ3n) is 3.91. The zero-order chi connectivity index (χ0) is 24.3. The van der Waals surface area contributed by atoms with Crippen molar-refractivity contribution in [2.45, 2.75) is 18.0 Å². The summed E-state index contributed by atoms with van der Waals surface area (Å²) in [6, 6.07) is 5.07. The van der Waals surface area contributed by atoms with Gasteiger partial charge in [0.1, 0.15) is 5.75 Å². The zero-order valence-corrected chi connectivity index (χ0v) is 18.9. The Kier molecular flexibility index (Phi) is 7.62. The average Bonchev–Trinajstić information content (AvgIpc) is 2.66. The van der Waals surface area contributed by atoms with Gasteiger partial charge in [-0.05, 0) is 30.7 Å². The Bertz CT molecular complexity index is 1150. The van der Waals surface area contributed by atoms with Crippen LogP contribution in [0.25, 0.3) is 0 Å². The summed E-state index contributed by atoms with van der Waals surface area (Å²) >= 11 is -2.00. The molecule has 2 aromatic rings. The summed E-state index contributed by atoms with van der Waals surface area (Å²) in [6.45, 7) is 1.81. The number of hydrogen-bond acceptors (Lipinski definition) is 7. The molecule has 9 nitrogen and oxygen atoms in total. The number of aryl methyl sites for hydroxylation is 1. The Morgan fingerprint density at radius 3 is 2.28 bits per heavy atom. The summed E-state index contributed by atoms with van der Waals surface area (Å²) in [6.07, 6.45) is -3.35. The fraction of sp³-hybridized carbons (Fsp3) is 0.278. The molecular weight excluding hydrogens is 475 g/mol. The monoisotopic (exact) mass is 495 g/mol. The second-order valence-corrected chi connectivity index (χ2v) is 9.46. The number of amides is 2. The molecule has 32 heavy (non-hydrogen) atoms. The lowest BCUT2D eigenvalue weighted by Gasteiger charge is -2.18.